The van der Waals surface area contributed by atoms with Crippen molar-refractivity contribution in [1.82, 2.24) is 0 Å². The molecule has 0 amide bonds. The van der Waals surface area contributed by atoms with Crippen molar-refractivity contribution >= 4 is 38.8 Å². The van der Waals surface area contributed by atoms with Gasteiger partial charge < -0.3 is 0 Å². The number of ketones is 2. The molecule has 0 spiro atoms. The van der Waals surface area contributed by atoms with Gasteiger partial charge in [-0.2, -0.15) is 0 Å². The second-order valence-electron chi connectivity index (χ2n) is 2.80. The van der Waals surface area contributed by atoms with E-state index in [1.807, 2.05) is 6.07 Å². The standard InChI is InChI=1S/C9H9BrO2S/c1-5(6(2)11)9(12)7-3-4-8(10)13-7/h3-5H,1-2H3. The Kier molecular flexibility index (Phi) is 3.39. The lowest BCUT2D eigenvalue weighted by Gasteiger charge is -2.02. The number of thiophene rings is 1. The highest BCUT2D eigenvalue weighted by atomic mass is 79.9. The monoisotopic (exact) mass is 260 g/mol. The van der Waals surface area contributed by atoms with Crippen LogP contribution in [0, 0.1) is 5.92 Å². The Balaban J connectivity index is 2.85. The molecule has 0 aliphatic rings. The molecule has 70 valence electrons. The fourth-order valence-corrected chi connectivity index (χ4v) is 2.26. The van der Waals surface area contributed by atoms with Gasteiger partial charge in [-0.25, -0.2) is 0 Å². The maximum Gasteiger partial charge on any atom is 0.182 e. The van der Waals surface area contributed by atoms with Crippen molar-refractivity contribution in [3.05, 3.63) is 20.8 Å². The van der Waals surface area contributed by atoms with E-state index in [1.54, 1.807) is 13.0 Å². The number of carbonyl (C=O) groups excluding carboxylic acids is 2. The van der Waals surface area contributed by atoms with Gasteiger partial charge in [-0.1, -0.05) is 0 Å². The molecule has 0 saturated carbocycles. The van der Waals surface area contributed by atoms with E-state index >= 15 is 0 Å². The summed E-state index contributed by atoms with van der Waals surface area (Å²) in [6.07, 6.45) is 0. The van der Waals surface area contributed by atoms with Crippen LogP contribution < -0.4 is 0 Å². The molecular formula is C9H9BrO2S. The van der Waals surface area contributed by atoms with Crippen LogP contribution in [0.15, 0.2) is 15.9 Å². The van der Waals surface area contributed by atoms with E-state index < -0.39 is 5.92 Å². The molecule has 0 aromatic carbocycles. The molecule has 1 aromatic heterocycles. The van der Waals surface area contributed by atoms with Gasteiger partial charge in [0.1, 0.15) is 5.78 Å². The molecule has 0 N–H and O–H groups in total. The van der Waals surface area contributed by atoms with Crippen molar-refractivity contribution in [3.63, 3.8) is 0 Å². The Hall–Kier alpha value is -0.480. The minimum absolute atomic E-state index is 0.0884. The highest BCUT2D eigenvalue weighted by molar-refractivity contribution is 9.11. The van der Waals surface area contributed by atoms with Crippen molar-refractivity contribution in [2.45, 2.75) is 13.8 Å². The average molecular weight is 261 g/mol. The average Bonchev–Trinajstić information content (AvgIpc) is 2.49. The predicted octanol–water partition coefficient (Wildman–Crippen LogP) is 2.92. The van der Waals surface area contributed by atoms with Crippen LogP contribution in [-0.4, -0.2) is 11.6 Å². The molecule has 1 heterocycles. The van der Waals surface area contributed by atoms with Gasteiger partial charge in [0, 0.05) is 0 Å². The van der Waals surface area contributed by atoms with Crippen LogP contribution in [0.3, 0.4) is 0 Å². The summed E-state index contributed by atoms with van der Waals surface area (Å²) < 4.78 is 0.909. The number of hydrogen-bond donors (Lipinski definition) is 0. The maximum absolute atomic E-state index is 11.6. The number of Topliss-reactive ketones (excluding diaryl/α,β-unsaturated/α-hetero) is 2. The van der Waals surface area contributed by atoms with Crippen LogP contribution in [-0.2, 0) is 4.79 Å². The summed E-state index contributed by atoms with van der Waals surface area (Å²) in [4.78, 5) is 23.1. The summed E-state index contributed by atoms with van der Waals surface area (Å²) in [5.74, 6) is -0.705. The van der Waals surface area contributed by atoms with E-state index in [-0.39, 0.29) is 11.6 Å². The first kappa shape index (κ1) is 10.6. The van der Waals surface area contributed by atoms with E-state index in [9.17, 15) is 9.59 Å². The normalized spacial score (nSPS) is 12.5. The summed E-state index contributed by atoms with van der Waals surface area (Å²) in [6.45, 7) is 3.07. The molecule has 0 saturated heterocycles. The highest BCUT2D eigenvalue weighted by Gasteiger charge is 2.20. The molecule has 1 unspecified atom stereocenters. The minimum Gasteiger partial charge on any atom is -0.299 e. The van der Waals surface area contributed by atoms with Crippen LogP contribution in [0.2, 0.25) is 0 Å². The molecular weight excluding hydrogens is 252 g/mol. The zero-order chi connectivity index (χ0) is 10.0. The summed E-state index contributed by atoms with van der Waals surface area (Å²) in [7, 11) is 0. The first-order chi connectivity index (χ1) is 6.02. The lowest BCUT2D eigenvalue weighted by atomic mass is 10.0. The Morgan fingerprint density at radius 2 is 2.08 bits per heavy atom. The van der Waals surface area contributed by atoms with Gasteiger partial charge in [-0.15, -0.1) is 11.3 Å². The van der Waals surface area contributed by atoms with Crippen molar-refractivity contribution in [3.8, 4) is 0 Å². The van der Waals surface area contributed by atoms with Crippen LogP contribution >= 0.6 is 27.3 Å². The first-order valence-electron chi connectivity index (χ1n) is 3.82. The van der Waals surface area contributed by atoms with Crippen LogP contribution in [0.25, 0.3) is 0 Å². The third-order valence-electron chi connectivity index (χ3n) is 1.82. The molecule has 13 heavy (non-hydrogen) atoms. The van der Waals surface area contributed by atoms with Crippen molar-refractivity contribution in [2.24, 2.45) is 5.92 Å². The SMILES string of the molecule is CC(=O)C(C)C(=O)c1ccc(Br)s1. The fourth-order valence-electron chi connectivity index (χ4n) is 0.845. The fraction of sp³-hybridized carbons (Fsp3) is 0.333. The number of halogens is 1. The van der Waals surface area contributed by atoms with Crippen molar-refractivity contribution in [2.75, 3.05) is 0 Å². The Bertz CT molecular complexity index is 343. The smallest absolute Gasteiger partial charge is 0.182 e. The first-order valence-corrected chi connectivity index (χ1v) is 5.43. The predicted molar refractivity (Wildman–Crippen MR) is 56.2 cm³/mol. The molecule has 0 aliphatic carbocycles. The zero-order valence-corrected chi connectivity index (χ0v) is 9.74. The van der Waals surface area contributed by atoms with E-state index in [0.29, 0.717) is 4.88 Å². The van der Waals surface area contributed by atoms with Gasteiger partial charge in [0.15, 0.2) is 5.78 Å². The van der Waals surface area contributed by atoms with Crippen LogP contribution in [0.1, 0.15) is 23.5 Å². The van der Waals surface area contributed by atoms with Crippen molar-refractivity contribution < 1.29 is 9.59 Å². The van der Waals surface area contributed by atoms with Gasteiger partial charge in [-0.3, -0.25) is 9.59 Å². The lowest BCUT2D eigenvalue weighted by Crippen LogP contribution is -2.17. The molecule has 2 nitrogen and oxygen atoms in total. The van der Waals surface area contributed by atoms with Crippen LogP contribution in [0.5, 0.6) is 0 Å². The Labute approximate surface area is 89.1 Å². The maximum atomic E-state index is 11.6. The van der Waals surface area contributed by atoms with Gasteiger partial charge in [0.05, 0.1) is 14.6 Å². The van der Waals surface area contributed by atoms with E-state index in [4.69, 9.17) is 0 Å². The third kappa shape index (κ3) is 2.48. The summed E-state index contributed by atoms with van der Waals surface area (Å²) in [5.41, 5.74) is 0. The van der Waals surface area contributed by atoms with E-state index in [0.717, 1.165) is 3.79 Å². The molecule has 0 radical (unpaired) electrons. The molecule has 0 bridgehead atoms. The van der Waals surface area contributed by atoms with Crippen molar-refractivity contribution in [1.29, 1.82) is 0 Å². The number of rotatable bonds is 3. The summed E-state index contributed by atoms with van der Waals surface area (Å²) in [6, 6.07) is 3.54. The molecule has 4 heteroatoms. The van der Waals surface area contributed by atoms with Gasteiger partial charge in [0.2, 0.25) is 0 Å². The second kappa shape index (κ2) is 4.15. The highest BCUT2D eigenvalue weighted by Crippen LogP contribution is 2.24. The third-order valence-corrected chi connectivity index (χ3v) is 3.46. The second-order valence-corrected chi connectivity index (χ2v) is 5.26. The van der Waals surface area contributed by atoms with Gasteiger partial charge in [-0.05, 0) is 41.9 Å². The lowest BCUT2D eigenvalue weighted by molar-refractivity contribution is -0.118. The molecule has 1 atom stereocenters. The van der Waals surface area contributed by atoms with Crippen LogP contribution in [0.4, 0.5) is 0 Å². The number of hydrogen-bond acceptors (Lipinski definition) is 3. The Morgan fingerprint density at radius 3 is 2.46 bits per heavy atom. The molecule has 0 aliphatic heterocycles. The number of carbonyl (C=O) groups is 2. The Morgan fingerprint density at radius 1 is 1.46 bits per heavy atom. The largest absolute Gasteiger partial charge is 0.299 e. The zero-order valence-electron chi connectivity index (χ0n) is 7.33. The van der Waals surface area contributed by atoms with Gasteiger partial charge >= 0.3 is 0 Å². The topological polar surface area (TPSA) is 34.1 Å². The van der Waals surface area contributed by atoms with E-state index in [1.165, 1.54) is 18.3 Å². The quantitative estimate of drug-likeness (QED) is 0.619. The molecule has 1 aromatic rings. The van der Waals surface area contributed by atoms with Gasteiger partial charge in [0.25, 0.3) is 0 Å². The molecule has 0 fully saturated rings. The summed E-state index contributed by atoms with van der Waals surface area (Å²) >= 11 is 4.62. The minimum atomic E-state index is -0.523. The van der Waals surface area contributed by atoms with E-state index in [2.05, 4.69) is 15.9 Å². The molecule has 1 rings (SSSR count). The summed E-state index contributed by atoms with van der Waals surface area (Å²) in [5, 5.41) is 0.